The summed E-state index contributed by atoms with van der Waals surface area (Å²) in [7, 11) is 0. The molecule has 1 heterocycles. The van der Waals surface area contributed by atoms with Gasteiger partial charge >= 0.3 is 6.03 Å². The first kappa shape index (κ1) is 16.8. The molecule has 24 heavy (non-hydrogen) atoms. The number of carbonyl (C=O) groups excluding carboxylic acids is 2. The van der Waals surface area contributed by atoms with Crippen LogP contribution >= 0.6 is 23.2 Å². The summed E-state index contributed by atoms with van der Waals surface area (Å²) < 4.78 is 0. The first-order valence-electron chi connectivity index (χ1n) is 7.47. The van der Waals surface area contributed by atoms with E-state index in [1.807, 2.05) is 31.2 Å². The SMILES string of the molecule is Cc1ccc([C@@]2(C)NC(=O)N(Cc3c(Cl)cccc3Cl)C2=O)cc1. The van der Waals surface area contributed by atoms with Crippen molar-refractivity contribution >= 4 is 35.1 Å². The number of carbonyl (C=O) groups is 2. The molecule has 3 amide bonds. The number of aryl methyl sites for hydroxylation is 1. The quantitative estimate of drug-likeness (QED) is 0.828. The molecule has 3 rings (SSSR count). The summed E-state index contributed by atoms with van der Waals surface area (Å²) >= 11 is 12.3. The van der Waals surface area contributed by atoms with E-state index in [1.165, 1.54) is 0 Å². The number of hydrogen-bond acceptors (Lipinski definition) is 2. The summed E-state index contributed by atoms with van der Waals surface area (Å²) in [4.78, 5) is 26.4. The van der Waals surface area contributed by atoms with Gasteiger partial charge in [0.15, 0.2) is 0 Å². The largest absolute Gasteiger partial charge is 0.325 e. The number of amides is 3. The van der Waals surface area contributed by atoms with Crippen LogP contribution in [-0.4, -0.2) is 16.8 Å². The Morgan fingerprint density at radius 1 is 1.04 bits per heavy atom. The van der Waals surface area contributed by atoms with Crippen LogP contribution in [0.1, 0.15) is 23.6 Å². The molecule has 1 fully saturated rings. The highest BCUT2D eigenvalue weighted by molar-refractivity contribution is 6.36. The van der Waals surface area contributed by atoms with Crippen LogP contribution in [0.2, 0.25) is 10.0 Å². The number of benzene rings is 2. The predicted molar refractivity (Wildman–Crippen MR) is 94.1 cm³/mol. The molecule has 0 aromatic heterocycles. The van der Waals surface area contributed by atoms with Crippen molar-refractivity contribution in [2.75, 3.05) is 0 Å². The van der Waals surface area contributed by atoms with Gasteiger partial charge in [-0.05, 0) is 31.5 Å². The van der Waals surface area contributed by atoms with Crippen LogP contribution < -0.4 is 5.32 Å². The van der Waals surface area contributed by atoms with Gasteiger partial charge in [0.2, 0.25) is 0 Å². The van der Waals surface area contributed by atoms with E-state index < -0.39 is 11.6 Å². The van der Waals surface area contributed by atoms with Crippen molar-refractivity contribution in [2.24, 2.45) is 0 Å². The lowest BCUT2D eigenvalue weighted by Crippen LogP contribution is -2.40. The zero-order valence-electron chi connectivity index (χ0n) is 13.3. The Balaban J connectivity index is 1.93. The second-order valence-electron chi connectivity index (χ2n) is 6.01. The molecule has 2 aromatic carbocycles. The summed E-state index contributed by atoms with van der Waals surface area (Å²) in [6.07, 6.45) is 0. The third-order valence-electron chi connectivity index (χ3n) is 4.28. The van der Waals surface area contributed by atoms with Crippen LogP contribution in [0.15, 0.2) is 42.5 Å². The van der Waals surface area contributed by atoms with E-state index in [1.54, 1.807) is 25.1 Å². The zero-order chi connectivity index (χ0) is 17.5. The Hall–Kier alpha value is -2.04. The maximum Gasteiger partial charge on any atom is 0.325 e. The average molecular weight is 363 g/mol. The van der Waals surface area contributed by atoms with Crippen LogP contribution in [0.4, 0.5) is 4.79 Å². The molecule has 4 nitrogen and oxygen atoms in total. The maximum atomic E-state index is 12.9. The van der Waals surface area contributed by atoms with Crippen LogP contribution in [0.25, 0.3) is 0 Å². The number of urea groups is 1. The standard InChI is InChI=1S/C18H16Cl2N2O2/c1-11-6-8-12(9-7-11)18(2)16(23)22(17(24)21-18)10-13-14(19)4-3-5-15(13)20/h3-9H,10H2,1-2H3,(H,21,24)/t18-/m1/s1. The highest BCUT2D eigenvalue weighted by atomic mass is 35.5. The molecule has 0 bridgehead atoms. The summed E-state index contributed by atoms with van der Waals surface area (Å²) in [6, 6.07) is 12.1. The van der Waals surface area contributed by atoms with E-state index in [0.717, 1.165) is 16.0 Å². The average Bonchev–Trinajstić information content (AvgIpc) is 2.75. The van der Waals surface area contributed by atoms with Crippen molar-refractivity contribution in [1.82, 2.24) is 10.2 Å². The lowest BCUT2D eigenvalue weighted by Gasteiger charge is -2.22. The lowest BCUT2D eigenvalue weighted by molar-refractivity contribution is -0.131. The van der Waals surface area contributed by atoms with E-state index in [0.29, 0.717) is 15.6 Å². The lowest BCUT2D eigenvalue weighted by atomic mass is 9.91. The molecular formula is C18H16Cl2N2O2. The van der Waals surface area contributed by atoms with E-state index in [-0.39, 0.29) is 12.5 Å². The van der Waals surface area contributed by atoms with Gasteiger partial charge in [-0.2, -0.15) is 0 Å². The van der Waals surface area contributed by atoms with Crippen molar-refractivity contribution in [3.8, 4) is 0 Å². The van der Waals surface area contributed by atoms with Crippen molar-refractivity contribution < 1.29 is 9.59 Å². The second-order valence-corrected chi connectivity index (χ2v) is 6.83. The van der Waals surface area contributed by atoms with Crippen molar-refractivity contribution in [1.29, 1.82) is 0 Å². The molecule has 1 N–H and O–H groups in total. The highest BCUT2D eigenvalue weighted by Crippen LogP contribution is 2.32. The fourth-order valence-electron chi connectivity index (χ4n) is 2.76. The van der Waals surface area contributed by atoms with Gasteiger partial charge in [-0.3, -0.25) is 9.69 Å². The van der Waals surface area contributed by atoms with E-state index in [2.05, 4.69) is 5.32 Å². The maximum absolute atomic E-state index is 12.9. The fourth-order valence-corrected chi connectivity index (χ4v) is 3.28. The minimum absolute atomic E-state index is 0.0324. The summed E-state index contributed by atoms with van der Waals surface area (Å²) in [6.45, 7) is 3.70. The Labute approximate surface area is 150 Å². The van der Waals surface area contributed by atoms with Crippen LogP contribution in [-0.2, 0) is 16.9 Å². The topological polar surface area (TPSA) is 49.4 Å². The Kier molecular flexibility index (Phi) is 4.28. The van der Waals surface area contributed by atoms with Gasteiger partial charge in [-0.1, -0.05) is 59.1 Å². The van der Waals surface area contributed by atoms with Gasteiger partial charge in [-0.15, -0.1) is 0 Å². The number of imide groups is 1. The number of nitrogens with one attached hydrogen (secondary N) is 1. The van der Waals surface area contributed by atoms with Crippen molar-refractivity contribution in [3.63, 3.8) is 0 Å². The van der Waals surface area contributed by atoms with Crippen LogP contribution in [0.5, 0.6) is 0 Å². The summed E-state index contributed by atoms with van der Waals surface area (Å²) in [5.41, 5.74) is 1.27. The van der Waals surface area contributed by atoms with Crippen molar-refractivity contribution in [2.45, 2.75) is 25.9 Å². The molecule has 6 heteroatoms. The molecule has 0 saturated carbocycles. The van der Waals surface area contributed by atoms with Gasteiger partial charge in [0.25, 0.3) is 5.91 Å². The number of rotatable bonds is 3. The monoisotopic (exact) mass is 362 g/mol. The number of nitrogens with zero attached hydrogens (tertiary/aromatic N) is 1. The molecule has 0 spiro atoms. The molecule has 0 radical (unpaired) electrons. The Morgan fingerprint density at radius 2 is 1.62 bits per heavy atom. The molecule has 0 unspecified atom stereocenters. The van der Waals surface area contributed by atoms with Gasteiger partial charge in [0.05, 0.1) is 6.54 Å². The van der Waals surface area contributed by atoms with Crippen LogP contribution in [0.3, 0.4) is 0 Å². The van der Waals surface area contributed by atoms with Crippen molar-refractivity contribution in [3.05, 3.63) is 69.2 Å². The summed E-state index contributed by atoms with van der Waals surface area (Å²) in [5.74, 6) is -0.327. The van der Waals surface area contributed by atoms with Gasteiger partial charge in [0.1, 0.15) is 5.54 Å². The molecule has 1 saturated heterocycles. The molecule has 1 aliphatic heterocycles. The summed E-state index contributed by atoms with van der Waals surface area (Å²) in [5, 5.41) is 3.62. The van der Waals surface area contributed by atoms with E-state index in [4.69, 9.17) is 23.2 Å². The van der Waals surface area contributed by atoms with E-state index in [9.17, 15) is 9.59 Å². The fraction of sp³-hybridized carbons (Fsp3) is 0.222. The smallest absolute Gasteiger partial charge is 0.319 e. The van der Waals surface area contributed by atoms with Gasteiger partial charge in [0, 0.05) is 15.6 Å². The Bertz CT molecular complexity index is 800. The predicted octanol–water partition coefficient (Wildman–Crippen LogP) is 4.27. The molecule has 2 aromatic rings. The highest BCUT2D eigenvalue weighted by Gasteiger charge is 2.49. The van der Waals surface area contributed by atoms with Gasteiger partial charge in [-0.25, -0.2) is 4.79 Å². The minimum Gasteiger partial charge on any atom is -0.319 e. The second kappa shape index (κ2) is 6.11. The minimum atomic E-state index is -1.10. The molecule has 1 aliphatic rings. The molecular weight excluding hydrogens is 347 g/mol. The number of halogens is 2. The van der Waals surface area contributed by atoms with Gasteiger partial charge < -0.3 is 5.32 Å². The van der Waals surface area contributed by atoms with E-state index >= 15 is 0 Å². The number of hydrogen-bond donors (Lipinski definition) is 1. The third-order valence-corrected chi connectivity index (χ3v) is 4.99. The van der Waals surface area contributed by atoms with Crippen LogP contribution in [0, 0.1) is 6.92 Å². The first-order chi connectivity index (χ1) is 11.3. The first-order valence-corrected chi connectivity index (χ1v) is 8.22. The Morgan fingerprint density at radius 3 is 2.21 bits per heavy atom. The zero-order valence-corrected chi connectivity index (χ0v) is 14.8. The molecule has 0 aliphatic carbocycles. The normalized spacial score (nSPS) is 20.4. The third kappa shape index (κ3) is 2.76. The molecule has 124 valence electrons. The molecule has 1 atom stereocenters.